The molecule has 0 unspecified atom stereocenters. The van der Waals surface area contributed by atoms with Gasteiger partial charge in [-0.1, -0.05) is 0 Å². The molecule has 2 saturated carbocycles. The van der Waals surface area contributed by atoms with Gasteiger partial charge in [-0.25, -0.2) is 4.79 Å². The van der Waals surface area contributed by atoms with Crippen LogP contribution in [0.4, 0.5) is 10.5 Å². The second-order valence-corrected chi connectivity index (χ2v) is 14.5. The average molecular weight is 590 g/mol. The predicted octanol–water partition coefficient (Wildman–Crippen LogP) is 5.82. The Labute approximate surface area is 255 Å². The fourth-order valence-corrected chi connectivity index (χ4v) is 7.04. The lowest BCUT2D eigenvalue weighted by atomic mass is 9.91. The van der Waals surface area contributed by atoms with Gasteiger partial charge in [-0.2, -0.15) is 5.10 Å². The van der Waals surface area contributed by atoms with Crippen molar-refractivity contribution in [3.05, 3.63) is 30.1 Å². The number of carbonyl (C=O) groups is 2. The number of likely N-dealkylation sites (tertiary alicyclic amines) is 2. The number of aromatic nitrogens is 2. The zero-order valence-electron chi connectivity index (χ0n) is 26.3. The highest BCUT2D eigenvalue weighted by molar-refractivity contribution is 5.99. The third-order valence-corrected chi connectivity index (χ3v) is 10.1. The number of benzene rings is 1. The Morgan fingerprint density at radius 2 is 1.70 bits per heavy atom. The fraction of sp³-hybridized carbons (Fsp3) is 0.676. The predicted molar refractivity (Wildman–Crippen MR) is 165 cm³/mol. The van der Waals surface area contributed by atoms with Crippen LogP contribution >= 0.6 is 0 Å². The molecule has 0 radical (unpaired) electrons. The van der Waals surface area contributed by atoms with Crippen molar-refractivity contribution in [2.45, 2.75) is 115 Å². The summed E-state index contributed by atoms with van der Waals surface area (Å²) < 4.78 is 14.4. The summed E-state index contributed by atoms with van der Waals surface area (Å²) in [6, 6.07) is 5.31. The number of amides is 2. The zero-order valence-corrected chi connectivity index (χ0v) is 26.3. The number of ether oxygens (including phenoxy) is 2. The molecule has 9 nitrogen and oxygen atoms in total. The lowest BCUT2D eigenvalue weighted by molar-refractivity contribution is -0.120. The monoisotopic (exact) mass is 589 g/mol. The summed E-state index contributed by atoms with van der Waals surface area (Å²) in [6.07, 6.45) is 13.7. The van der Waals surface area contributed by atoms with Crippen molar-refractivity contribution >= 4 is 17.7 Å². The van der Waals surface area contributed by atoms with E-state index in [0.29, 0.717) is 12.1 Å². The van der Waals surface area contributed by atoms with Crippen molar-refractivity contribution in [3.8, 4) is 16.9 Å². The maximum atomic E-state index is 13.3. The highest BCUT2D eigenvalue weighted by Gasteiger charge is 2.40. The SMILES string of the molecule is C[C@H]1CCc2c(ccc(-c3cnn(C4CCN(C5CN(C(=O)OC(C)(C)C)C5)CC4)c3)c2OC2CCC2)N1C(=O)C1CC1. The van der Waals surface area contributed by atoms with E-state index in [4.69, 9.17) is 14.6 Å². The van der Waals surface area contributed by atoms with E-state index in [9.17, 15) is 9.59 Å². The summed E-state index contributed by atoms with van der Waals surface area (Å²) in [5, 5.41) is 4.85. The van der Waals surface area contributed by atoms with Gasteiger partial charge in [0.2, 0.25) is 5.91 Å². The maximum Gasteiger partial charge on any atom is 0.410 e. The summed E-state index contributed by atoms with van der Waals surface area (Å²) in [7, 11) is 0. The smallest absolute Gasteiger partial charge is 0.410 e. The highest BCUT2D eigenvalue weighted by Crippen LogP contribution is 2.46. The molecule has 0 bridgehead atoms. The minimum Gasteiger partial charge on any atom is -0.489 e. The molecule has 2 amide bonds. The molecule has 4 fully saturated rings. The van der Waals surface area contributed by atoms with Gasteiger partial charge in [-0.15, -0.1) is 0 Å². The van der Waals surface area contributed by atoms with E-state index in [0.717, 1.165) is 100 Å². The van der Waals surface area contributed by atoms with E-state index in [2.05, 4.69) is 39.7 Å². The van der Waals surface area contributed by atoms with Crippen LogP contribution in [0.15, 0.2) is 24.5 Å². The first-order valence-corrected chi connectivity index (χ1v) is 16.6. The maximum absolute atomic E-state index is 13.3. The number of nitrogens with zero attached hydrogens (tertiary/aromatic N) is 5. The highest BCUT2D eigenvalue weighted by atomic mass is 16.6. The average Bonchev–Trinajstić information content (AvgIpc) is 3.65. The van der Waals surface area contributed by atoms with E-state index in [-0.39, 0.29) is 30.1 Å². The fourth-order valence-electron chi connectivity index (χ4n) is 7.04. The molecule has 5 aliphatic rings. The van der Waals surface area contributed by atoms with Gasteiger partial charge in [-0.05, 0) is 97.6 Å². The van der Waals surface area contributed by atoms with Crippen molar-refractivity contribution in [2.24, 2.45) is 5.92 Å². The lowest BCUT2D eigenvalue weighted by Crippen LogP contribution is -2.62. The Hall–Kier alpha value is -3.07. The molecular formula is C34H47N5O4. The van der Waals surface area contributed by atoms with Crippen LogP contribution in [-0.2, 0) is 16.0 Å². The molecule has 1 atom stereocenters. The van der Waals surface area contributed by atoms with Gasteiger partial charge >= 0.3 is 6.09 Å². The first-order chi connectivity index (χ1) is 20.6. The number of carbonyl (C=O) groups excluding carboxylic acids is 2. The molecule has 7 rings (SSSR count). The first-order valence-electron chi connectivity index (χ1n) is 16.6. The quantitative estimate of drug-likeness (QED) is 0.423. The minimum atomic E-state index is -0.458. The van der Waals surface area contributed by atoms with Crippen LogP contribution in [0.3, 0.4) is 0 Å². The summed E-state index contributed by atoms with van der Waals surface area (Å²) in [5.41, 5.74) is 3.97. The third kappa shape index (κ3) is 5.77. The van der Waals surface area contributed by atoms with E-state index < -0.39 is 5.60 Å². The molecular weight excluding hydrogens is 542 g/mol. The van der Waals surface area contributed by atoms with E-state index in [1.807, 2.05) is 31.9 Å². The summed E-state index contributed by atoms with van der Waals surface area (Å²) in [5.74, 6) is 1.45. The minimum absolute atomic E-state index is 0.196. The number of hydrogen-bond donors (Lipinski definition) is 0. The van der Waals surface area contributed by atoms with Crippen molar-refractivity contribution in [3.63, 3.8) is 0 Å². The largest absolute Gasteiger partial charge is 0.489 e. The van der Waals surface area contributed by atoms with Crippen molar-refractivity contribution in [2.75, 3.05) is 31.1 Å². The molecule has 2 saturated heterocycles. The molecule has 0 spiro atoms. The van der Waals surface area contributed by atoms with Gasteiger partial charge < -0.3 is 19.3 Å². The van der Waals surface area contributed by atoms with Crippen LogP contribution in [0.1, 0.15) is 90.7 Å². The normalized spacial score (nSPS) is 23.9. The molecule has 4 heterocycles. The molecule has 0 N–H and O–H groups in total. The summed E-state index contributed by atoms with van der Waals surface area (Å²) in [6.45, 7) is 11.4. The zero-order chi connectivity index (χ0) is 29.9. The van der Waals surface area contributed by atoms with Gasteiger partial charge in [-0.3, -0.25) is 14.4 Å². The van der Waals surface area contributed by atoms with E-state index in [1.165, 1.54) is 12.0 Å². The second kappa shape index (κ2) is 11.1. The Morgan fingerprint density at radius 1 is 0.953 bits per heavy atom. The Balaban J connectivity index is 1.04. The molecule has 1 aromatic heterocycles. The Morgan fingerprint density at radius 3 is 2.35 bits per heavy atom. The molecule has 3 aliphatic heterocycles. The number of hydrogen-bond acceptors (Lipinski definition) is 6. The van der Waals surface area contributed by atoms with Gasteiger partial charge in [0.1, 0.15) is 11.4 Å². The van der Waals surface area contributed by atoms with Crippen molar-refractivity contribution in [1.29, 1.82) is 0 Å². The second-order valence-electron chi connectivity index (χ2n) is 14.5. The van der Waals surface area contributed by atoms with Crippen LogP contribution in [0, 0.1) is 5.92 Å². The standard InChI is InChI=1S/C34H47N5O4/c1-22-8-11-29-30(39(22)32(40)23-9-10-23)13-12-28(31(29)42-27-6-5-7-27)24-18-35-38(19-24)25-14-16-36(17-15-25)26-20-37(21-26)33(41)43-34(2,3)4/h12-13,18-19,22-23,25-27H,5-11,14-17,20-21H2,1-4H3/t22-/m0/s1. The van der Waals surface area contributed by atoms with Gasteiger partial charge in [0.05, 0.1) is 24.0 Å². The summed E-state index contributed by atoms with van der Waals surface area (Å²) >= 11 is 0. The molecule has 232 valence electrons. The van der Waals surface area contributed by atoms with Crippen molar-refractivity contribution < 1.29 is 19.1 Å². The molecule has 1 aromatic carbocycles. The topological polar surface area (TPSA) is 80.1 Å². The Bertz CT molecular complexity index is 1360. The number of fused-ring (bicyclic) bond motifs is 1. The van der Waals surface area contributed by atoms with E-state index in [1.54, 1.807) is 0 Å². The van der Waals surface area contributed by atoms with Gasteiger partial charge in [0.15, 0.2) is 0 Å². The van der Waals surface area contributed by atoms with Crippen LogP contribution in [-0.4, -0.2) is 81.5 Å². The summed E-state index contributed by atoms with van der Waals surface area (Å²) in [4.78, 5) is 32.0. The van der Waals surface area contributed by atoms with Crippen LogP contribution in [0.5, 0.6) is 5.75 Å². The molecule has 2 aliphatic carbocycles. The van der Waals surface area contributed by atoms with Crippen LogP contribution < -0.4 is 9.64 Å². The van der Waals surface area contributed by atoms with Gasteiger partial charge in [0.25, 0.3) is 0 Å². The first kappa shape index (κ1) is 28.7. The van der Waals surface area contributed by atoms with Crippen LogP contribution in [0.25, 0.3) is 11.1 Å². The molecule has 9 heteroatoms. The Kier molecular flexibility index (Phi) is 7.43. The third-order valence-electron chi connectivity index (χ3n) is 10.1. The molecule has 43 heavy (non-hydrogen) atoms. The number of piperidine rings is 1. The van der Waals surface area contributed by atoms with Crippen LogP contribution in [0.2, 0.25) is 0 Å². The molecule has 2 aromatic rings. The van der Waals surface area contributed by atoms with Gasteiger partial charge in [0, 0.05) is 67.1 Å². The number of rotatable bonds is 6. The van der Waals surface area contributed by atoms with Crippen molar-refractivity contribution in [1.82, 2.24) is 19.6 Å². The number of anilines is 1. The lowest BCUT2D eigenvalue weighted by Gasteiger charge is -2.47. The van der Waals surface area contributed by atoms with E-state index >= 15 is 0 Å².